The lowest BCUT2D eigenvalue weighted by Crippen LogP contribution is -2.44. The van der Waals surface area contributed by atoms with Crippen molar-refractivity contribution in [1.29, 1.82) is 0 Å². The van der Waals surface area contributed by atoms with Gasteiger partial charge in [0.1, 0.15) is 17.7 Å². The number of aliphatic carboxylic acids is 1. The minimum Gasteiger partial charge on any atom is -0.480 e. The lowest BCUT2D eigenvalue weighted by molar-refractivity contribution is -0.140. The van der Waals surface area contributed by atoms with E-state index in [4.69, 9.17) is 0 Å². The predicted molar refractivity (Wildman–Crippen MR) is 133 cm³/mol. The van der Waals surface area contributed by atoms with Crippen LogP contribution in [0.4, 0.5) is 19.6 Å². The molecule has 0 saturated carbocycles. The lowest BCUT2D eigenvalue weighted by Gasteiger charge is -2.18. The number of rotatable bonds is 7. The van der Waals surface area contributed by atoms with Gasteiger partial charge in [0.2, 0.25) is 0 Å². The van der Waals surface area contributed by atoms with Gasteiger partial charge in [0.05, 0.1) is 15.9 Å². The smallest absolute Gasteiger partial charge is 0.326 e. The van der Waals surface area contributed by atoms with E-state index >= 15 is 0 Å². The SMILES string of the molecule is Cc1cc(-c2ccc(Nc3nc4ccc(F)cc4s3)c(F)c2)ccc1C(=O)N[C@H](C(=O)O)C(C)C. The summed E-state index contributed by atoms with van der Waals surface area (Å²) in [5, 5.41) is 15.3. The molecule has 3 N–H and O–H groups in total. The molecule has 180 valence electrons. The number of carbonyl (C=O) groups excluding carboxylic acids is 1. The molecule has 4 rings (SSSR count). The fourth-order valence-electron chi connectivity index (χ4n) is 3.69. The van der Waals surface area contributed by atoms with E-state index in [9.17, 15) is 23.5 Å². The van der Waals surface area contributed by atoms with Gasteiger partial charge in [-0.05, 0) is 65.9 Å². The molecule has 0 spiro atoms. The second kappa shape index (κ2) is 9.79. The molecule has 0 aliphatic rings. The van der Waals surface area contributed by atoms with E-state index in [1.807, 2.05) is 0 Å². The van der Waals surface area contributed by atoms with Crippen molar-refractivity contribution in [2.24, 2.45) is 5.92 Å². The largest absolute Gasteiger partial charge is 0.480 e. The molecule has 0 aliphatic carbocycles. The summed E-state index contributed by atoms with van der Waals surface area (Å²) in [7, 11) is 0. The Bertz CT molecular complexity index is 1430. The van der Waals surface area contributed by atoms with Gasteiger partial charge in [0.15, 0.2) is 5.13 Å². The Morgan fingerprint density at radius 3 is 2.37 bits per heavy atom. The fourth-order valence-corrected chi connectivity index (χ4v) is 4.60. The normalized spacial score (nSPS) is 12.1. The standard InChI is InChI=1S/C26H23F2N3O3S/c1-13(2)23(25(33)34)31-24(32)18-7-4-15(10-14(18)3)16-5-8-20(19(28)11-16)29-26-30-21-9-6-17(27)12-22(21)35-26/h4-13,23H,1-3H3,(H,29,30)(H,31,32)(H,33,34)/t23-/m0/s1. The van der Waals surface area contributed by atoms with E-state index in [0.29, 0.717) is 37.6 Å². The summed E-state index contributed by atoms with van der Waals surface area (Å²) in [4.78, 5) is 28.4. The van der Waals surface area contributed by atoms with Crippen molar-refractivity contribution in [3.63, 3.8) is 0 Å². The maximum Gasteiger partial charge on any atom is 0.326 e. The van der Waals surface area contributed by atoms with Crippen LogP contribution in [0.15, 0.2) is 54.6 Å². The van der Waals surface area contributed by atoms with Gasteiger partial charge in [-0.1, -0.05) is 43.4 Å². The molecule has 0 fully saturated rings. The van der Waals surface area contributed by atoms with Crippen LogP contribution in [0.3, 0.4) is 0 Å². The first-order valence-corrected chi connectivity index (χ1v) is 11.7. The summed E-state index contributed by atoms with van der Waals surface area (Å²) in [6.45, 7) is 5.18. The Labute approximate surface area is 204 Å². The van der Waals surface area contributed by atoms with Crippen LogP contribution in [-0.2, 0) is 4.79 Å². The monoisotopic (exact) mass is 495 g/mol. The molecular formula is C26H23F2N3O3S. The number of amides is 1. The van der Waals surface area contributed by atoms with Crippen LogP contribution >= 0.6 is 11.3 Å². The number of benzene rings is 3. The Hall–Kier alpha value is -3.85. The summed E-state index contributed by atoms with van der Waals surface area (Å²) in [6, 6.07) is 13.0. The molecule has 1 aromatic heterocycles. The minimum atomic E-state index is -1.09. The molecule has 0 radical (unpaired) electrons. The number of fused-ring (bicyclic) bond motifs is 1. The first kappa shape index (κ1) is 24.3. The number of anilines is 2. The Balaban J connectivity index is 1.53. The number of carbonyl (C=O) groups is 2. The number of nitrogens with zero attached hydrogens (tertiary/aromatic N) is 1. The number of thiazole rings is 1. The fraction of sp³-hybridized carbons (Fsp3) is 0.192. The van der Waals surface area contributed by atoms with Crippen LogP contribution < -0.4 is 10.6 Å². The summed E-state index contributed by atoms with van der Waals surface area (Å²) in [5.41, 5.74) is 3.16. The van der Waals surface area contributed by atoms with Crippen molar-refractivity contribution >= 4 is 44.2 Å². The molecule has 0 bridgehead atoms. The number of hydrogen-bond acceptors (Lipinski definition) is 5. The van der Waals surface area contributed by atoms with Crippen molar-refractivity contribution in [2.75, 3.05) is 5.32 Å². The van der Waals surface area contributed by atoms with Gasteiger partial charge in [-0.25, -0.2) is 18.6 Å². The van der Waals surface area contributed by atoms with Crippen molar-refractivity contribution in [2.45, 2.75) is 26.8 Å². The van der Waals surface area contributed by atoms with Crippen LogP contribution in [0.1, 0.15) is 29.8 Å². The molecule has 1 atom stereocenters. The van der Waals surface area contributed by atoms with E-state index < -0.39 is 23.7 Å². The Morgan fingerprint density at radius 1 is 1.00 bits per heavy atom. The van der Waals surface area contributed by atoms with Crippen molar-refractivity contribution in [3.05, 3.63) is 77.4 Å². The van der Waals surface area contributed by atoms with Gasteiger partial charge < -0.3 is 15.7 Å². The highest BCUT2D eigenvalue weighted by atomic mass is 32.1. The van der Waals surface area contributed by atoms with E-state index in [1.54, 1.807) is 57.2 Å². The van der Waals surface area contributed by atoms with Crippen LogP contribution in [0, 0.1) is 24.5 Å². The number of carboxylic acid groups (broad SMARTS) is 1. The summed E-state index contributed by atoms with van der Waals surface area (Å²) >= 11 is 1.23. The zero-order chi connectivity index (χ0) is 25.3. The van der Waals surface area contributed by atoms with Gasteiger partial charge >= 0.3 is 5.97 Å². The predicted octanol–water partition coefficient (Wildman–Crippen LogP) is 6.13. The quantitative estimate of drug-likeness (QED) is 0.287. The molecule has 9 heteroatoms. The summed E-state index contributed by atoms with van der Waals surface area (Å²) < 4.78 is 29.0. The third-order valence-electron chi connectivity index (χ3n) is 5.58. The topological polar surface area (TPSA) is 91.3 Å². The summed E-state index contributed by atoms with van der Waals surface area (Å²) in [5.74, 6) is -2.69. The second-order valence-electron chi connectivity index (χ2n) is 8.51. The third-order valence-corrected chi connectivity index (χ3v) is 6.52. The molecule has 0 saturated heterocycles. The van der Waals surface area contributed by atoms with Crippen molar-refractivity contribution < 1.29 is 23.5 Å². The van der Waals surface area contributed by atoms with E-state index in [2.05, 4.69) is 15.6 Å². The molecule has 4 aromatic rings. The maximum absolute atomic E-state index is 14.9. The minimum absolute atomic E-state index is 0.231. The molecule has 0 unspecified atom stereocenters. The Morgan fingerprint density at radius 2 is 1.71 bits per heavy atom. The highest BCUT2D eigenvalue weighted by Gasteiger charge is 2.24. The zero-order valence-corrected chi connectivity index (χ0v) is 20.0. The lowest BCUT2D eigenvalue weighted by atomic mass is 9.98. The maximum atomic E-state index is 14.9. The number of carboxylic acids is 1. The number of nitrogens with one attached hydrogen (secondary N) is 2. The summed E-state index contributed by atoms with van der Waals surface area (Å²) in [6.07, 6.45) is 0. The van der Waals surface area contributed by atoms with Gasteiger partial charge in [0, 0.05) is 5.56 Å². The number of halogens is 2. The number of aryl methyl sites for hydroxylation is 1. The molecule has 3 aromatic carbocycles. The first-order valence-electron chi connectivity index (χ1n) is 10.9. The van der Waals surface area contributed by atoms with Gasteiger partial charge in [-0.3, -0.25) is 4.79 Å². The Kier molecular flexibility index (Phi) is 6.79. The van der Waals surface area contributed by atoms with Crippen molar-refractivity contribution in [3.8, 4) is 11.1 Å². The van der Waals surface area contributed by atoms with Crippen molar-refractivity contribution in [1.82, 2.24) is 10.3 Å². The molecular weight excluding hydrogens is 472 g/mol. The average molecular weight is 496 g/mol. The van der Waals surface area contributed by atoms with E-state index in [0.717, 1.165) is 0 Å². The highest BCUT2D eigenvalue weighted by Crippen LogP contribution is 2.31. The van der Waals surface area contributed by atoms with Crippen LogP contribution in [0.5, 0.6) is 0 Å². The van der Waals surface area contributed by atoms with Gasteiger partial charge in [-0.15, -0.1) is 0 Å². The van der Waals surface area contributed by atoms with E-state index in [1.165, 1.54) is 29.5 Å². The molecule has 0 aliphatic heterocycles. The van der Waals surface area contributed by atoms with Gasteiger partial charge in [0.25, 0.3) is 5.91 Å². The van der Waals surface area contributed by atoms with E-state index in [-0.39, 0.29) is 17.4 Å². The average Bonchev–Trinajstić information content (AvgIpc) is 3.19. The van der Waals surface area contributed by atoms with Crippen LogP contribution in [0.25, 0.3) is 21.3 Å². The van der Waals surface area contributed by atoms with Gasteiger partial charge in [-0.2, -0.15) is 0 Å². The van der Waals surface area contributed by atoms with Crippen LogP contribution in [-0.4, -0.2) is 28.0 Å². The second-order valence-corrected chi connectivity index (χ2v) is 9.54. The first-order chi connectivity index (χ1) is 16.6. The molecule has 6 nitrogen and oxygen atoms in total. The number of aromatic nitrogens is 1. The highest BCUT2D eigenvalue weighted by molar-refractivity contribution is 7.22. The number of hydrogen-bond donors (Lipinski definition) is 3. The molecule has 1 amide bonds. The zero-order valence-electron chi connectivity index (χ0n) is 19.2. The molecule has 35 heavy (non-hydrogen) atoms. The third kappa shape index (κ3) is 5.30. The van der Waals surface area contributed by atoms with Crippen LogP contribution in [0.2, 0.25) is 0 Å². The molecule has 1 heterocycles.